The minimum absolute atomic E-state index is 0.101. The minimum atomic E-state index is -4.10. The van der Waals surface area contributed by atoms with Crippen molar-refractivity contribution in [3.8, 4) is 0 Å². The second-order valence-corrected chi connectivity index (χ2v) is 5.99. The summed E-state index contributed by atoms with van der Waals surface area (Å²) in [6.07, 6.45) is 0. The van der Waals surface area contributed by atoms with Crippen molar-refractivity contribution in [3.63, 3.8) is 0 Å². The van der Waals surface area contributed by atoms with Gasteiger partial charge in [-0.1, -0.05) is 0 Å². The van der Waals surface area contributed by atoms with Gasteiger partial charge in [-0.2, -0.15) is 4.72 Å². The zero-order chi connectivity index (χ0) is 16.0. The van der Waals surface area contributed by atoms with Gasteiger partial charge in [0.25, 0.3) is 0 Å². The minimum Gasteiger partial charge on any atom is -0.398 e. The molecule has 118 valence electrons. The fourth-order valence-corrected chi connectivity index (χ4v) is 2.87. The SMILES string of the molecule is COCCNC(=O)C(C)NS(=O)(=O)c1cc(F)ccc1N. The summed E-state index contributed by atoms with van der Waals surface area (Å²) >= 11 is 0. The lowest BCUT2D eigenvalue weighted by molar-refractivity contribution is -0.122. The monoisotopic (exact) mass is 319 g/mol. The first-order valence-corrected chi connectivity index (χ1v) is 7.60. The average molecular weight is 319 g/mol. The molecule has 1 rings (SSSR count). The highest BCUT2D eigenvalue weighted by Gasteiger charge is 2.24. The first-order valence-electron chi connectivity index (χ1n) is 6.12. The van der Waals surface area contributed by atoms with E-state index in [-0.39, 0.29) is 12.2 Å². The molecule has 0 heterocycles. The van der Waals surface area contributed by atoms with Crippen molar-refractivity contribution >= 4 is 21.6 Å². The van der Waals surface area contributed by atoms with Gasteiger partial charge in [-0.25, -0.2) is 12.8 Å². The van der Waals surface area contributed by atoms with Crippen LogP contribution in [0.1, 0.15) is 6.92 Å². The number of hydrogen-bond acceptors (Lipinski definition) is 5. The molecule has 0 aliphatic rings. The molecule has 1 aromatic rings. The van der Waals surface area contributed by atoms with Crippen LogP contribution in [-0.2, 0) is 19.6 Å². The second-order valence-electron chi connectivity index (χ2n) is 4.31. The number of sulfonamides is 1. The van der Waals surface area contributed by atoms with Gasteiger partial charge in [0.1, 0.15) is 10.7 Å². The van der Waals surface area contributed by atoms with Crippen LogP contribution in [0.5, 0.6) is 0 Å². The summed E-state index contributed by atoms with van der Waals surface area (Å²) in [6, 6.07) is 1.96. The maximum Gasteiger partial charge on any atom is 0.243 e. The molecule has 21 heavy (non-hydrogen) atoms. The summed E-state index contributed by atoms with van der Waals surface area (Å²) in [5, 5.41) is 2.49. The number of amides is 1. The first kappa shape index (κ1) is 17.3. The number of benzene rings is 1. The van der Waals surface area contributed by atoms with Crippen LogP contribution >= 0.6 is 0 Å². The number of nitrogens with two attached hydrogens (primary N) is 1. The molecular weight excluding hydrogens is 301 g/mol. The van der Waals surface area contributed by atoms with Crippen molar-refractivity contribution in [3.05, 3.63) is 24.0 Å². The van der Waals surface area contributed by atoms with Crippen LogP contribution in [0.4, 0.5) is 10.1 Å². The maximum atomic E-state index is 13.1. The highest BCUT2D eigenvalue weighted by molar-refractivity contribution is 7.89. The average Bonchev–Trinajstić information content (AvgIpc) is 2.41. The summed E-state index contributed by atoms with van der Waals surface area (Å²) in [6.45, 7) is 1.93. The van der Waals surface area contributed by atoms with E-state index in [1.165, 1.54) is 14.0 Å². The van der Waals surface area contributed by atoms with E-state index in [9.17, 15) is 17.6 Å². The first-order chi connectivity index (χ1) is 9.77. The molecule has 0 spiro atoms. The second kappa shape index (κ2) is 7.34. The van der Waals surface area contributed by atoms with Crippen molar-refractivity contribution in [2.75, 3.05) is 26.0 Å². The molecule has 7 nitrogen and oxygen atoms in total. The summed E-state index contributed by atoms with van der Waals surface area (Å²) < 4.78 is 44.2. The predicted molar refractivity (Wildman–Crippen MR) is 75.5 cm³/mol. The van der Waals surface area contributed by atoms with Crippen LogP contribution in [-0.4, -0.2) is 40.6 Å². The number of nitrogen functional groups attached to an aromatic ring is 1. The van der Waals surface area contributed by atoms with Crippen LogP contribution in [0.15, 0.2) is 23.1 Å². The molecule has 1 unspecified atom stereocenters. The fraction of sp³-hybridized carbons (Fsp3) is 0.417. The van der Waals surface area contributed by atoms with Crippen LogP contribution in [0.25, 0.3) is 0 Å². The van der Waals surface area contributed by atoms with Crippen molar-refractivity contribution < 1.29 is 22.3 Å². The number of carbonyl (C=O) groups excluding carboxylic acids is 1. The van der Waals surface area contributed by atoms with E-state index < -0.39 is 32.7 Å². The topological polar surface area (TPSA) is 111 Å². The number of ether oxygens (including phenoxy) is 1. The molecular formula is C12H18FN3O4S. The zero-order valence-corrected chi connectivity index (χ0v) is 12.5. The predicted octanol–water partition coefficient (Wildman–Crippen LogP) is -0.163. The highest BCUT2D eigenvalue weighted by Crippen LogP contribution is 2.19. The third kappa shape index (κ3) is 4.96. The summed E-state index contributed by atoms with van der Waals surface area (Å²) in [5.41, 5.74) is 5.42. The standard InChI is InChI=1S/C12H18FN3O4S/c1-8(12(17)15-5-6-20-2)16-21(18,19)11-7-9(13)3-4-10(11)14/h3-4,7-8,16H,5-6,14H2,1-2H3,(H,15,17). The zero-order valence-electron chi connectivity index (χ0n) is 11.7. The molecule has 0 bridgehead atoms. The van der Waals surface area contributed by atoms with Gasteiger partial charge in [-0.15, -0.1) is 0 Å². The third-order valence-electron chi connectivity index (χ3n) is 2.60. The van der Waals surface area contributed by atoms with Crippen LogP contribution in [0, 0.1) is 5.82 Å². The van der Waals surface area contributed by atoms with E-state index in [0.717, 1.165) is 18.2 Å². The number of anilines is 1. The Balaban J connectivity index is 2.80. The molecule has 0 aliphatic carbocycles. The van der Waals surface area contributed by atoms with Crippen LogP contribution in [0.2, 0.25) is 0 Å². The number of hydrogen-bond donors (Lipinski definition) is 3. The van der Waals surface area contributed by atoms with Crippen molar-refractivity contribution in [2.45, 2.75) is 17.9 Å². The fourth-order valence-electron chi connectivity index (χ4n) is 1.52. The Morgan fingerprint density at radius 2 is 2.14 bits per heavy atom. The lowest BCUT2D eigenvalue weighted by Gasteiger charge is -2.15. The maximum absolute atomic E-state index is 13.1. The van der Waals surface area contributed by atoms with Gasteiger partial charge in [0.05, 0.1) is 18.3 Å². The number of halogens is 1. The number of rotatable bonds is 7. The number of nitrogens with one attached hydrogen (secondary N) is 2. The molecule has 0 aliphatic heterocycles. The van der Waals surface area contributed by atoms with E-state index in [1.807, 2.05) is 0 Å². The molecule has 9 heteroatoms. The lowest BCUT2D eigenvalue weighted by Crippen LogP contribution is -2.45. The van der Waals surface area contributed by atoms with Gasteiger partial charge >= 0.3 is 0 Å². The Hall–Kier alpha value is -1.71. The van der Waals surface area contributed by atoms with Gasteiger partial charge in [-0.3, -0.25) is 4.79 Å². The molecule has 1 aromatic carbocycles. The van der Waals surface area contributed by atoms with Crippen LogP contribution < -0.4 is 15.8 Å². The van der Waals surface area contributed by atoms with Gasteiger partial charge in [0.2, 0.25) is 15.9 Å². The van der Waals surface area contributed by atoms with Crippen molar-refractivity contribution in [1.29, 1.82) is 0 Å². The summed E-state index contributed by atoms with van der Waals surface area (Å²) in [5.74, 6) is -1.26. The molecule has 0 saturated heterocycles. The van der Waals surface area contributed by atoms with E-state index in [0.29, 0.717) is 6.61 Å². The largest absolute Gasteiger partial charge is 0.398 e. The molecule has 1 amide bonds. The molecule has 0 saturated carbocycles. The van der Waals surface area contributed by atoms with Crippen molar-refractivity contribution in [2.24, 2.45) is 0 Å². The molecule has 4 N–H and O–H groups in total. The Bertz CT molecular complexity index is 607. The molecule has 1 atom stereocenters. The van der Waals surface area contributed by atoms with Crippen LogP contribution in [0.3, 0.4) is 0 Å². The highest BCUT2D eigenvalue weighted by atomic mass is 32.2. The summed E-state index contributed by atoms with van der Waals surface area (Å²) in [4.78, 5) is 11.3. The van der Waals surface area contributed by atoms with Crippen molar-refractivity contribution in [1.82, 2.24) is 10.0 Å². The normalized spacial score (nSPS) is 12.9. The van der Waals surface area contributed by atoms with Gasteiger partial charge in [-0.05, 0) is 25.1 Å². The number of methoxy groups -OCH3 is 1. The molecule has 0 radical (unpaired) electrons. The molecule has 0 aromatic heterocycles. The smallest absolute Gasteiger partial charge is 0.243 e. The Morgan fingerprint density at radius 1 is 1.48 bits per heavy atom. The molecule has 0 fully saturated rings. The Kier molecular flexibility index (Phi) is 6.06. The van der Waals surface area contributed by atoms with E-state index in [4.69, 9.17) is 10.5 Å². The van der Waals surface area contributed by atoms with E-state index in [2.05, 4.69) is 10.0 Å². The van der Waals surface area contributed by atoms with E-state index >= 15 is 0 Å². The lowest BCUT2D eigenvalue weighted by atomic mass is 10.3. The summed E-state index contributed by atoms with van der Waals surface area (Å²) in [7, 11) is -2.62. The third-order valence-corrected chi connectivity index (χ3v) is 4.19. The van der Waals surface area contributed by atoms with Gasteiger partial charge in [0, 0.05) is 13.7 Å². The Morgan fingerprint density at radius 3 is 2.76 bits per heavy atom. The van der Waals surface area contributed by atoms with Gasteiger partial charge in [0.15, 0.2) is 0 Å². The Labute approximate surface area is 122 Å². The quantitative estimate of drug-likeness (QED) is 0.478. The van der Waals surface area contributed by atoms with E-state index in [1.54, 1.807) is 0 Å². The van der Waals surface area contributed by atoms with Gasteiger partial charge < -0.3 is 15.8 Å². The number of carbonyl (C=O) groups is 1.